The van der Waals surface area contributed by atoms with Gasteiger partial charge in [0, 0.05) is 5.56 Å². The molecule has 0 heterocycles. The molecule has 0 spiro atoms. The third-order valence-electron chi connectivity index (χ3n) is 2.78. The number of nitrogens with one attached hydrogen (secondary N) is 1. The third kappa shape index (κ3) is 3.48. The van der Waals surface area contributed by atoms with Crippen LogP contribution >= 0.6 is 11.6 Å². The fraction of sp³-hybridized carbons (Fsp3) is 0. The van der Waals surface area contributed by atoms with Crippen LogP contribution in [-0.2, 0) is 4.79 Å². The van der Waals surface area contributed by atoms with Crippen LogP contribution in [0.1, 0.15) is 5.56 Å². The molecule has 0 saturated carbocycles. The maximum absolute atomic E-state index is 13.6. The van der Waals surface area contributed by atoms with Crippen LogP contribution in [-0.4, -0.2) is 5.91 Å². The number of carbonyl (C=O) groups is 1. The van der Waals surface area contributed by atoms with Gasteiger partial charge >= 0.3 is 0 Å². The Bertz CT molecular complexity index is 777. The lowest BCUT2D eigenvalue weighted by Gasteiger charge is -2.06. The van der Waals surface area contributed by atoms with Crippen molar-refractivity contribution >= 4 is 29.3 Å². The van der Waals surface area contributed by atoms with E-state index in [4.69, 9.17) is 16.9 Å². The van der Waals surface area contributed by atoms with Crippen LogP contribution in [0.15, 0.2) is 48.0 Å². The predicted octanol–water partition coefficient (Wildman–Crippen LogP) is 4.16. The highest BCUT2D eigenvalue weighted by Crippen LogP contribution is 2.22. The minimum Gasteiger partial charge on any atom is -0.320 e. The second kappa shape index (κ2) is 6.83. The molecule has 0 aliphatic rings. The Kier molecular flexibility index (Phi) is 4.87. The van der Waals surface area contributed by atoms with E-state index in [2.05, 4.69) is 5.32 Å². The number of rotatable bonds is 3. The van der Waals surface area contributed by atoms with Crippen LogP contribution in [0.4, 0.5) is 14.5 Å². The minimum absolute atomic E-state index is 0.283. The molecule has 0 aliphatic carbocycles. The number of anilines is 1. The molecule has 2 rings (SSSR count). The van der Waals surface area contributed by atoms with Gasteiger partial charge in [0.2, 0.25) is 0 Å². The zero-order valence-corrected chi connectivity index (χ0v) is 11.9. The standard InChI is InChI=1S/C16H9ClF2N2O/c17-12-4-1-2-7-15(12)21-16(22)10(9-20)8-11-13(18)5-3-6-14(11)19/h1-8H,(H,21,22)/b10-8+. The molecule has 1 amide bonds. The molecule has 3 nitrogen and oxygen atoms in total. The molecule has 2 aromatic rings. The molecular weight excluding hydrogens is 310 g/mol. The van der Waals surface area contributed by atoms with Gasteiger partial charge in [-0.25, -0.2) is 8.78 Å². The molecule has 110 valence electrons. The van der Waals surface area contributed by atoms with Crippen LogP contribution in [0.2, 0.25) is 5.02 Å². The van der Waals surface area contributed by atoms with Gasteiger partial charge in [-0.2, -0.15) is 5.26 Å². The van der Waals surface area contributed by atoms with Crippen molar-refractivity contribution in [1.82, 2.24) is 0 Å². The second-order valence-electron chi connectivity index (χ2n) is 4.24. The van der Waals surface area contributed by atoms with Crippen LogP contribution in [0, 0.1) is 23.0 Å². The fourth-order valence-electron chi connectivity index (χ4n) is 1.69. The van der Waals surface area contributed by atoms with E-state index in [0.29, 0.717) is 5.69 Å². The van der Waals surface area contributed by atoms with Gasteiger partial charge in [0.25, 0.3) is 5.91 Å². The normalized spacial score (nSPS) is 10.9. The zero-order valence-electron chi connectivity index (χ0n) is 11.1. The van der Waals surface area contributed by atoms with E-state index in [1.165, 1.54) is 6.07 Å². The number of carbonyl (C=O) groups excluding carboxylic acids is 1. The lowest BCUT2D eigenvalue weighted by atomic mass is 10.1. The largest absolute Gasteiger partial charge is 0.320 e. The first-order chi connectivity index (χ1) is 10.5. The smallest absolute Gasteiger partial charge is 0.266 e. The number of amides is 1. The Balaban J connectivity index is 2.33. The number of hydrogen-bond donors (Lipinski definition) is 1. The molecule has 0 saturated heterocycles. The summed E-state index contributed by atoms with van der Waals surface area (Å²) in [6.07, 6.45) is 0.858. The average molecular weight is 319 g/mol. The molecule has 0 radical (unpaired) electrons. The van der Waals surface area contributed by atoms with Crippen LogP contribution in [0.5, 0.6) is 0 Å². The minimum atomic E-state index is -0.863. The van der Waals surface area contributed by atoms with Gasteiger partial charge in [-0.1, -0.05) is 29.8 Å². The molecule has 6 heteroatoms. The summed E-state index contributed by atoms with van der Waals surface area (Å²) in [5.41, 5.74) is -0.596. The number of benzene rings is 2. The van der Waals surface area contributed by atoms with Crippen molar-refractivity contribution in [3.8, 4) is 6.07 Å². The maximum atomic E-state index is 13.6. The van der Waals surface area contributed by atoms with Crippen molar-refractivity contribution in [3.05, 3.63) is 70.3 Å². The summed E-state index contributed by atoms with van der Waals surface area (Å²) < 4.78 is 27.1. The van der Waals surface area contributed by atoms with Crippen molar-refractivity contribution < 1.29 is 13.6 Å². The van der Waals surface area contributed by atoms with E-state index < -0.39 is 28.7 Å². The van der Waals surface area contributed by atoms with E-state index in [0.717, 1.165) is 18.2 Å². The highest BCUT2D eigenvalue weighted by molar-refractivity contribution is 6.34. The van der Waals surface area contributed by atoms with E-state index in [-0.39, 0.29) is 5.02 Å². The van der Waals surface area contributed by atoms with E-state index >= 15 is 0 Å². The van der Waals surface area contributed by atoms with Crippen molar-refractivity contribution in [2.45, 2.75) is 0 Å². The van der Waals surface area contributed by atoms with Gasteiger partial charge in [-0.3, -0.25) is 4.79 Å². The number of hydrogen-bond acceptors (Lipinski definition) is 2. The molecule has 0 fully saturated rings. The summed E-state index contributed by atoms with van der Waals surface area (Å²) in [4.78, 5) is 12.0. The summed E-state index contributed by atoms with van der Waals surface area (Å²) in [6.45, 7) is 0. The monoisotopic (exact) mass is 318 g/mol. The van der Waals surface area contributed by atoms with Crippen molar-refractivity contribution in [2.75, 3.05) is 5.32 Å². The maximum Gasteiger partial charge on any atom is 0.266 e. The molecule has 0 aromatic heterocycles. The Labute approximate surface area is 130 Å². The lowest BCUT2D eigenvalue weighted by molar-refractivity contribution is -0.112. The molecule has 0 atom stereocenters. The van der Waals surface area contributed by atoms with Crippen molar-refractivity contribution in [1.29, 1.82) is 5.26 Å². The molecule has 0 unspecified atom stereocenters. The molecular formula is C16H9ClF2N2O. The van der Waals surface area contributed by atoms with E-state index in [1.807, 2.05) is 0 Å². The van der Waals surface area contributed by atoms with Crippen molar-refractivity contribution in [3.63, 3.8) is 0 Å². The molecule has 1 N–H and O–H groups in total. The fourth-order valence-corrected chi connectivity index (χ4v) is 1.88. The van der Waals surface area contributed by atoms with Gasteiger partial charge < -0.3 is 5.32 Å². The SMILES string of the molecule is N#C/C(=C\c1c(F)cccc1F)C(=O)Nc1ccccc1Cl. The van der Waals surface area contributed by atoms with Crippen LogP contribution in [0.3, 0.4) is 0 Å². The summed E-state index contributed by atoms with van der Waals surface area (Å²) in [5.74, 6) is -2.53. The van der Waals surface area contributed by atoms with Gasteiger partial charge in [0.15, 0.2) is 0 Å². The summed E-state index contributed by atoms with van der Waals surface area (Å²) >= 11 is 5.89. The summed E-state index contributed by atoms with van der Waals surface area (Å²) in [5, 5.41) is 11.7. The Hall–Kier alpha value is -2.71. The first kappa shape index (κ1) is 15.7. The molecule has 2 aromatic carbocycles. The number of halogens is 3. The first-order valence-corrected chi connectivity index (χ1v) is 6.52. The summed E-state index contributed by atoms with van der Waals surface area (Å²) in [7, 11) is 0. The highest BCUT2D eigenvalue weighted by Gasteiger charge is 2.14. The molecule has 0 aliphatic heterocycles. The topological polar surface area (TPSA) is 52.9 Å². The third-order valence-corrected chi connectivity index (χ3v) is 3.11. The second-order valence-corrected chi connectivity index (χ2v) is 4.65. The van der Waals surface area contributed by atoms with Gasteiger partial charge in [-0.15, -0.1) is 0 Å². The number of nitrogens with zero attached hydrogens (tertiary/aromatic N) is 1. The van der Waals surface area contributed by atoms with Gasteiger partial charge in [0.1, 0.15) is 23.3 Å². The Morgan fingerprint density at radius 3 is 2.36 bits per heavy atom. The first-order valence-electron chi connectivity index (χ1n) is 6.14. The average Bonchev–Trinajstić information content (AvgIpc) is 2.49. The van der Waals surface area contributed by atoms with Gasteiger partial charge in [-0.05, 0) is 30.3 Å². The number of para-hydroxylation sites is 1. The van der Waals surface area contributed by atoms with Crippen LogP contribution < -0.4 is 5.32 Å². The molecule has 22 heavy (non-hydrogen) atoms. The zero-order chi connectivity index (χ0) is 16.1. The van der Waals surface area contributed by atoms with E-state index in [9.17, 15) is 13.6 Å². The Morgan fingerprint density at radius 2 is 1.77 bits per heavy atom. The number of nitriles is 1. The Morgan fingerprint density at radius 1 is 1.14 bits per heavy atom. The van der Waals surface area contributed by atoms with Gasteiger partial charge in [0.05, 0.1) is 10.7 Å². The summed E-state index contributed by atoms with van der Waals surface area (Å²) in [6, 6.07) is 11.3. The predicted molar refractivity (Wildman–Crippen MR) is 80.0 cm³/mol. The van der Waals surface area contributed by atoms with Crippen LogP contribution in [0.25, 0.3) is 6.08 Å². The lowest BCUT2D eigenvalue weighted by Crippen LogP contribution is -2.14. The highest BCUT2D eigenvalue weighted by atomic mass is 35.5. The van der Waals surface area contributed by atoms with Crippen molar-refractivity contribution in [2.24, 2.45) is 0 Å². The van der Waals surface area contributed by atoms with E-state index in [1.54, 1.807) is 30.3 Å². The quantitative estimate of drug-likeness (QED) is 0.682. The molecule has 0 bridgehead atoms.